The number of terminal acetylenes is 1. The van der Waals surface area contributed by atoms with Crippen LogP contribution in [0.3, 0.4) is 0 Å². The number of sulfonamides is 1. The molecule has 180 valence electrons. The molecular formula is C21H25F2N3O5S2. The number of aliphatic hydroxyl groups excluding tert-OH is 2. The van der Waals surface area contributed by atoms with Crippen molar-refractivity contribution in [2.75, 3.05) is 10.5 Å². The van der Waals surface area contributed by atoms with Crippen molar-refractivity contribution in [1.82, 2.24) is 10.3 Å². The van der Waals surface area contributed by atoms with Crippen molar-refractivity contribution in [2.24, 2.45) is 0 Å². The molecule has 0 spiro atoms. The molecule has 0 aliphatic rings. The van der Waals surface area contributed by atoms with Crippen molar-refractivity contribution in [3.63, 3.8) is 0 Å². The topological polar surface area (TPSA) is 129 Å². The lowest BCUT2D eigenvalue weighted by Gasteiger charge is -2.28. The van der Waals surface area contributed by atoms with Gasteiger partial charge in [-0.1, -0.05) is 0 Å². The minimum atomic E-state index is -3.58. The quantitative estimate of drug-likeness (QED) is 0.260. The third-order valence-corrected chi connectivity index (χ3v) is 6.83. The first-order valence-corrected chi connectivity index (χ1v) is 12.6. The molecule has 1 aromatic heterocycles. The largest absolute Gasteiger partial charge is 0.390 e. The molecule has 0 aliphatic heterocycles. The molecule has 8 nitrogen and oxygen atoms in total. The Balaban J connectivity index is 2.21. The monoisotopic (exact) mass is 501 g/mol. The minimum absolute atomic E-state index is 0.0133. The number of halogens is 2. The number of aliphatic hydroxyl groups is 2. The van der Waals surface area contributed by atoms with Gasteiger partial charge in [-0.15, -0.1) is 23.7 Å². The summed E-state index contributed by atoms with van der Waals surface area (Å²) in [4.78, 5) is 16.6. The summed E-state index contributed by atoms with van der Waals surface area (Å²) in [5.74, 6) is -0.172. The van der Waals surface area contributed by atoms with Gasteiger partial charge < -0.3 is 15.5 Å². The second kappa shape index (κ2) is 12.0. The highest BCUT2D eigenvalue weighted by Crippen LogP contribution is 2.19. The van der Waals surface area contributed by atoms with Crippen LogP contribution in [0, 0.1) is 24.0 Å². The Labute approximate surface area is 195 Å². The molecule has 12 heteroatoms. The lowest BCUT2D eigenvalue weighted by molar-refractivity contribution is -0.00792. The van der Waals surface area contributed by atoms with Crippen molar-refractivity contribution in [3.8, 4) is 12.3 Å². The number of nitrogens with one attached hydrogen (secondary N) is 2. The summed E-state index contributed by atoms with van der Waals surface area (Å²) in [5, 5.41) is 24.8. The third kappa shape index (κ3) is 8.36. The number of thiazole rings is 1. The summed E-state index contributed by atoms with van der Waals surface area (Å²) >= 11 is 0.891. The van der Waals surface area contributed by atoms with E-state index in [9.17, 15) is 32.2 Å². The molecule has 0 aliphatic carbocycles. The Bertz CT molecular complexity index is 1080. The zero-order chi connectivity index (χ0) is 24.6. The van der Waals surface area contributed by atoms with Gasteiger partial charge in [0, 0.05) is 17.9 Å². The number of hydrogen-bond acceptors (Lipinski definition) is 7. The van der Waals surface area contributed by atoms with Crippen LogP contribution < -0.4 is 10.0 Å². The second-order valence-electron chi connectivity index (χ2n) is 7.26. The van der Waals surface area contributed by atoms with Gasteiger partial charge in [0.1, 0.15) is 23.4 Å². The van der Waals surface area contributed by atoms with Crippen LogP contribution in [0.4, 0.5) is 13.9 Å². The number of aromatic nitrogens is 1. The van der Waals surface area contributed by atoms with Crippen molar-refractivity contribution < 1.29 is 32.2 Å². The summed E-state index contributed by atoms with van der Waals surface area (Å²) in [5.41, 5.74) is 0.0283. The molecule has 33 heavy (non-hydrogen) atoms. The van der Waals surface area contributed by atoms with Gasteiger partial charge in [-0.05, 0) is 43.9 Å². The van der Waals surface area contributed by atoms with Crippen molar-refractivity contribution in [1.29, 1.82) is 0 Å². The maximum atomic E-state index is 13.6. The lowest BCUT2D eigenvalue weighted by Crippen LogP contribution is -2.50. The van der Waals surface area contributed by atoms with Gasteiger partial charge in [0.05, 0.1) is 17.9 Å². The number of rotatable bonds is 12. The molecule has 3 unspecified atom stereocenters. The fourth-order valence-electron chi connectivity index (χ4n) is 2.96. The Morgan fingerprint density at radius 2 is 1.94 bits per heavy atom. The smallest absolute Gasteiger partial charge is 0.271 e. The first kappa shape index (κ1) is 26.7. The fourth-order valence-corrected chi connectivity index (χ4v) is 4.53. The summed E-state index contributed by atoms with van der Waals surface area (Å²) in [6.45, 7) is 1.44. The van der Waals surface area contributed by atoms with Gasteiger partial charge in [-0.25, -0.2) is 22.2 Å². The van der Waals surface area contributed by atoms with E-state index >= 15 is 0 Å². The maximum absolute atomic E-state index is 13.6. The number of nitrogens with zero attached hydrogens (tertiary/aromatic N) is 1. The molecule has 0 bridgehead atoms. The molecule has 1 heterocycles. The SMILES string of the molecule is C#CCCCC(O)C(O)C(Cc1cc(F)cc(F)c1)NC(=O)c1csc(NS(=O)(=O)CC)n1. The van der Waals surface area contributed by atoms with Crippen LogP contribution in [0.15, 0.2) is 23.6 Å². The molecule has 4 N–H and O–H groups in total. The summed E-state index contributed by atoms with van der Waals surface area (Å²) in [6, 6.07) is 1.67. The van der Waals surface area contributed by atoms with Crippen LogP contribution in [-0.2, 0) is 16.4 Å². The van der Waals surface area contributed by atoms with Crippen molar-refractivity contribution >= 4 is 32.4 Å². The second-order valence-corrected chi connectivity index (χ2v) is 10.1. The highest BCUT2D eigenvalue weighted by molar-refractivity contribution is 7.92. The highest BCUT2D eigenvalue weighted by Gasteiger charge is 2.29. The summed E-state index contributed by atoms with van der Waals surface area (Å²) < 4.78 is 52.8. The number of carbonyl (C=O) groups is 1. The van der Waals surface area contributed by atoms with Gasteiger partial charge in [-0.3, -0.25) is 9.52 Å². The van der Waals surface area contributed by atoms with Gasteiger partial charge in [-0.2, -0.15) is 0 Å². The van der Waals surface area contributed by atoms with Crippen LogP contribution in [0.2, 0.25) is 0 Å². The molecule has 0 fully saturated rings. The Kier molecular flexibility index (Phi) is 9.72. The average molecular weight is 502 g/mol. The number of amides is 1. The fraction of sp³-hybridized carbons (Fsp3) is 0.429. The van der Waals surface area contributed by atoms with Crippen LogP contribution >= 0.6 is 11.3 Å². The Hall–Kier alpha value is -2.59. The molecule has 0 radical (unpaired) electrons. The Morgan fingerprint density at radius 1 is 1.27 bits per heavy atom. The van der Waals surface area contributed by atoms with E-state index < -0.39 is 45.8 Å². The highest BCUT2D eigenvalue weighted by atomic mass is 32.2. The number of hydrogen-bond donors (Lipinski definition) is 4. The van der Waals surface area contributed by atoms with Gasteiger partial charge in [0.15, 0.2) is 5.13 Å². The molecular weight excluding hydrogens is 476 g/mol. The van der Waals surface area contributed by atoms with E-state index in [1.165, 1.54) is 12.3 Å². The molecule has 2 rings (SSSR count). The van der Waals surface area contributed by atoms with Gasteiger partial charge >= 0.3 is 0 Å². The van der Waals surface area contributed by atoms with E-state index in [0.717, 1.165) is 23.5 Å². The number of anilines is 1. The van der Waals surface area contributed by atoms with E-state index in [4.69, 9.17) is 6.42 Å². The van der Waals surface area contributed by atoms with E-state index in [2.05, 4.69) is 20.9 Å². The zero-order valence-electron chi connectivity index (χ0n) is 17.8. The first-order chi connectivity index (χ1) is 15.5. The molecule has 0 saturated carbocycles. The predicted octanol–water partition coefficient (Wildman–Crippen LogP) is 2.05. The van der Waals surface area contributed by atoms with E-state index in [-0.39, 0.29) is 35.0 Å². The third-order valence-electron chi connectivity index (χ3n) is 4.68. The number of carbonyl (C=O) groups excluding carboxylic acids is 1. The van der Waals surface area contributed by atoms with Crippen molar-refractivity contribution in [3.05, 3.63) is 46.5 Å². The average Bonchev–Trinajstić information content (AvgIpc) is 3.20. The van der Waals surface area contributed by atoms with Crippen LogP contribution in [-0.4, -0.2) is 53.5 Å². The van der Waals surface area contributed by atoms with Crippen LogP contribution in [0.1, 0.15) is 42.2 Å². The summed E-state index contributed by atoms with van der Waals surface area (Å²) in [7, 11) is -3.58. The van der Waals surface area contributed by atoms with E-state index in [0.29, 0.717) is 18.9 Å². The number of unbranched alkanes of at least 4 members (excludes halogenated alkanes) is 1. The molecule has 0 saturated heterocycles. The number of benzene rings is 1. The first-order valence-electron chi connectivity index (χ1n) is 10.1. The maximum Gasteiger partial charge on any atom is 0.271 e. The van der Waals surface area contributed by atoms with E-state index in [1.54, 1.807) is 0 Å². The molecule has 3 atom stereocenters. The molecule has 1 aromatic carbocycles. The predicted molar refractivity (Wildman–Crippen MR) is 121 cm³/mol. The summed E-state index contributed by atoms with van der Waals surface area (Å²) in [6.07, 6.45) is 3.22. The molecule has 1 amide bonds. The molecule has 2 aromatic rings. The minimum Gasteiger partial charge on any atom is -0.390 e. The zero-order valence-corrected chi connectivity index (χ0v) is 19.4. The standard InChI is InChI=1S/C21H25F2N3O5S2/c1-3-5-6-7-18(27)19(28)16(10-13-8-14(22)11-15(23)9-13)24-20(29)17-12-32-21(25-17)26-33(30,31)4-2/h1,8-9,11-12,16,18-19,27-28H,4-7,10H2,2H3,(H,24,29)(H,25,26). The normalized spacial score (nSPS) is 14.2. The van der Waals surface area contributed by atoms with Gasteiger partial charge in [0.25, 0.3) is 5.91 Å². The van der Waals surface area contributed by atoms with E-state index in [1.807, 2.05) is 0 Å². The van der Waals surface area contributed by atoms with Crippen LogP contribution in [0.25, 0.3) is 0 Å². The van der Waals surface area contributed by atoms with Crippen molar-refractivity contribution in [2.45, 2.75) is 50.9 Å². The van der Waals surface area contributed by atoms with Gasteiger partial charge in [0.2, 0.25) is 10.0 Å². The lowest BCUT2D eigenvalue weighted by atomic mass is 9.95. The van der Waals surface area contributed by atoms with Crippen LogP contribution in [0.5, 0.6) is 0 Å². The Morgan fingerprint density at radius 3 is 2.55 bits per heavy atom.